The van der Waals surface area contributed by atoms with Gasteiger partial charge < -0.3 is 19.7 Å². The number of ether oxygens (including phenoxy) is 2. The Balaban J connectivity index is 1.90. The Morgan fingerprint density at radius 2 is 2.00 bits per heavy atom. The number of hydrogen-bond acceptors (Lipinski definition) is 4. The highest BCUT2D eigenvalue weighted by Gasteiger charge is 2.23. The molecule has 2 atom stereocenters. The van der Waals surface area contributed by atoms with E-state index in [1.54, 1.807) is 24.3 Å². The van der Waals surface area contributed by atoms with Crippen LogP contribution in [0.2, 0.25) is 0 Å². The number of aromatic hydroxyl groups is 1. The lowest BCUT2D eigenvalue weighted by Crippen LogP contribution is -2.39. The zero-order valence-corrected chi connectivity index (χ0v) is 9.00. The first kappa shape index (κ1) is 11.4. The van der Waals surface area contributed by atoms with E-state index in [4.69, 9.17) is 14.6 Å². The molecule has 1 aliphatic rings. The van der Waals surface area contributed by atoms with Gasteiger partial charge in [-0.1, -0.05) is 12.1 Å². The molecule has 0 amide bonds. The van der Waals surface area contributed by atoms with Gasteiger partial charge in [0.25, 0.3) is 0 Å². The molecule has 0 saturated carbocycles. The van der Waals surface area contributed by atoms with Gasteiger partial charge in [-0.05, 0) is 17.7 Å². The average Bonchev–Trinajstić information content (AvgIpc) is 2.33. The first-order chi connectivity index (χ1) is 7.75. The van der Waals surface area contributed by atoms with Gasteiger partial charge in [0, 0.05) is 6.42 Å². The third-order valence-corrected chi connectivity index (χ3v) is 2.65. The number of aliphatic hydroxyl groups is 1. The second-order valence-electron chi connectivity index (χ2n) is 3.92. The van der Waals surface area contributed by atoms with Crippen LogP contribution in [0.1, 0.15) is 5.56 Å². The minimum Gasteiger partial charge on any atom is -0.508 e. The van der Waals surface area contributed by atoms with Crippen LogP contribution >= 0.6 is 0 Å². The summed E-state index contributed by atoms with van der Waals surface area (Å²) < 4.78 is 10.6. The summed E-state index contributed by atoms with van der Waals surface area (Å²) in [6.07, 6.45) is -0.304. The van der Waals surface area contributed by atoms with E-state index in [9.17, 15) is 5.11 Å². The number of rotatable bonds is 3. The van der Waals surface area contributed by atoms with Gasteiger partial charge in [0.05, 0.1) is 25.9 Å². The number of phenols is 1. The molecule has 88 valence electrons. The van der Waals surface area contributed by atoms with Crippen LogP contribution in [0, 0.1) is 0 Å². The van der Waals surface area contributed by atoms with Crippen molar-refractivity contribution in [2.45, 2.75) is 18.6 Å². The zero-order chi connectivity index (χ0) is 11.4. The molecule has 0 aromatic heterocycles. The van der Waals surface area contributed by atoms with Gasteiger partial charge >= 0.3 is 0 Å². The summed E-state index contributed by atoms with van der Waals surface area (Å²) >= 11 is 0. The lowest BCUT2D eigenvalue weighted by Gasteiger charge is -2.27. The van der Waals surface area contributed by atoms with Crippen LogP contribution in [0.25, 0.3) is 0 Å². The standard InChI is InChI=1S/C12H16O4/c13-10-3-1-9(2-4-10)7-11(14)12-8-15-5-6-16-12/h1-4,11-14H,5-8H2. The largest absolute Gasteiger partial charge is 0.508 e. The van der Waals surface area contributed by atoms with Gasteiger partial charge in [0.15, 0.2) is 0 Å². The van der Waals surface area contributed by atoms with Gasteiger partial charge in [-0.15, -0.1) is 0 Å². The Morgan fingerprint density at radius 3 is 2.62 bits per heavy atom. The Labute approximate surface area is 94.4 Å². The summed E-state index contributed by atoms with van der Waals surface area (Å²) in [5, 5.41) is 19.1. The number of phenolic OH excluding ortho intramolecular Hbond substituents is 1. The van der Waals surface area contributed by atoms with Crippen LogP contribution in [0.5, 0.6) is 5.75 Å². The van der Waals surface area contributed by atoms with Crippen LogP contribution in [0.3, 0.4) is 0 Å². The van der Waals surface area contributed by atoms with Crippen molar-refractivity contribution in [1.29, 1.82) is 0 Å². The van der Waals surface area contributed by atoms with Crippen LogP contribution in [0.15, 0.2) is 24.3 Å². The summed E-state index contributed by atoms with van der Waals surface area (Å²) in [5.74, 6) is 0.232. The average molecular weight is 224 g/mol. The lowest BCUT2D eigenvalue weighted by molar-refractivity contribution is -0.131. The molecule has 16 heavy (non-hydrogen) atoms. The van der Waals surface area contributed by atoms with Crippen molar-refractivity contribution < 1.29 is 19.7 Å². The zero-order valence-electron chi connectivity index (χ0n) is 9.00. The van der Waals surface area contributed by atoms with E-state index in [2.05, 4.69) is 0 Å². The Morgan fingerprint density at radius 1 is 1.25 bits per heavy atom. The third kappa shape index (κ3) is 2.95. The molecule has 1 aliphatic heterocycles. The molecule has 0 radical (unpaired) electrons. The molecule has 1 saturated heterocycles. The summed E-state index contributed by atoms with van der Waals surface area (Å²) in [6.45, 7) is 1.58. The molecule has 2 N–H and O–H groups in total. The van der Waals surface area contributed by atoms with Crippen LogP contribution in [0.4, 0.5) is 0 Å². The van der Waals surface area contributed by atoms with Crippen molar-refractivity contribution in [3.05, 3.63) is 29.8 Å². The van der Waals surface area contributed by atoms with Gasteiger partial charge in [0.1, 0.15) is 11.9 Å². The van der Waals surface area contributed by atoms with E-state index in [-0.39, 0.29) is 11.9 Å². The van der Waals surface area contributed by atoms with Gasteiger partial charge in [0.2, 0.25) is 0 Å². The highest BCUT2D eigenvalue weighted by atomic mass is 16.6. The quantitative estimate of drug-likeness (QED) is 0.794. The second kappa shape index (κ2) is 5.30. The first-order valence-electron chi connectivity index (χ1n) is 5.41. The monoisotopic (exact) mass is 224 g/mol. The van der Waals surface area contributed by atoms with Crippen LogP contribution in [-0.2, 0) is 15.9 Å². The molecule has 0 bridgehead atoms. The van der Waals surface area contributed by atoms with Gasteiger partial charge in [-0.25, -0.2) is 0 Å². The van der Waals surface area contributed by atoms with Crippen LogP contribution in [-0.4, -0.2) is 42.2 Å². The molecule has 1 fully saturated rings. The van der Waals surface area contributed by atoms with Gasteiger partial charge in [-0.3, -0.25) is 0 Å². The molecule has 0 aliphatic carbocycles. The summed E-state index contributed by atoms with van der Waals surface area (Å²) in [4.78, 5) is 0. The Bertz CT molecular complexity index is 316. The van der Waals surface area contributed by atoms with Crippen molar-refractivity contribution in [3.63, 3.8) is 0 Å². The molecule has 1 aromatic rings. The van der Waals surface area contributed by atoms with Crippen molar-refractivity contribution in [2.75, 3.05) is 19.8 Å². The van der Waals surface area contributed by atoms with E-state index in [1.165, 1.54) is 0 Å². The van der Waals surface area contributed by atoms with Crippen molar-refractivity contribution in [3.8, 4) is 5.75 Å². The fourth-order valence-corrected chi connectivity index (χ4v) is 1.73. The lowest BCUT2D eigenvalue weighted by atomic mass is 10.0. The van der Waals surface area contributed by atoms with E-state index < -0.39 is 6.10 Å². The maximum atomic E-state index is 9.93. The summed E-state index contributed by atoms with van der Waals surface area (Å²) in [5.41, 5.74) is 0.972. The smallest absolute Gasteiger partial charge is 0.115 e. The maximum Gasteiger partial charge on any atom is 0.115 e. The molecule has 1 aromatic carbocycles. The first-order valence-corrected chi connectivity index (χ1v) is 5.41. The van der Waals surface area contributed by atoms with E-state index in [0.29, 0.717) is 26.2 Å². The number of aliphatic hydroxyl groups excluding tert-OH is 1. The Hall–Kier alpha value is -1.10. The molecule has 4 nitrogen and oxygen atoms in total. The topological polar surface area (TPSA) is 58.9 Å². The highest BCUT2D eigenvalue weighted by molar-refractivity contribution is 5.26. The van der Waals surface area contributed by atoms with E-state index in [1.807, 2.05) is 0 Å². The molecular weight excluding hydrogens is 208 g/mol. The minimum atomic E-state index is -0.565. The van der Waals surface area contributed by atoms with Gasteiger partial charge in [-0.2, -0.15) is 0 Å². The molecule has 4 heteroatoms. The molecule has 0 spiro atoms. The number of benzene rings is 1. The van der Waals surface area contributed by atoms with Crippen molar-refractivity contribution in [2.24, 2.45) is 0 Å². The van der Waals surface area contributed by atoms with Crippen molar-refractivity contribution >= 4 is 0 Å². The van der Waals surface area contributed by atoms with E-state index in [0.717, 1.165) is 5.56 Å². The molecule has 1 heterocycles. The molecule has 2 rings (SSSR count). The van der Waals surface area contributed by atoms with Crippen LogP contribution < -0.4 is 0 Å². The fourth-order valence-electron chi connectivity index (χ4n) is 1.73. The molecule has 2 unspecified atom stereocenters. The summed E-state index contributed by atoms with van der Waals surface area (Å²) in [7, 11) is 0. The second-order valence-corrected chi connectivity index (χ2v) is 3.92. The summed E-state index contributed by atoms with van der Waals surface area (Å²) in [6, 6.07) is 6.81. The predicted molar refractivity (Wildman–Crippen MR) is 58.4 cm³/mol. The molecular formula is C12H16O4. The highest BCUT2D eigenvalue weighted by Crippen LogP contribution is 2.14. The number of hydrogen-bond donors (Lipinski definition) is 2. The Kier molecular flexibility index (Phi) is 3.77. The third-order valence-electron chi connectivity index (χ3n) is 2.65. The SMILES string of the molecule is Oc1ccc(CC(O)C2COCCO2)cc1. The normalized spacial score (nSPS) is 22.9. The minimum absolute atomic E-state index is 0.232. The predicted octanol–water partition coefficient (Wildman–Crippen LogP) is 0.711. The van der Waals surface area contributed by atoms with E-state index >= 15 is 0 Å². The van der Waals surface area contributed by atoms with Crippen molar-refractivity contribution in [1.82, 2.24) is 0 Å². The maximum absolute atomic E-state index is 9.93. The fraction of sp³-hybridized carbons (Fsp3) is 0.500.